The van der Waals surface area contributed by atoms with Crippen LogP contribution in [0.25, 0.3) is 0 Å². The molecule has 0 radical (unpaired) electrons. The van der Waals surface area contributed by atoms with Crippen LogP contribution in [0.1, 0.15) is 27.2 Å². The number of hydrogen-bond acceptors (Lipinski definition) is 3. The van der Waals surface area contributed by atoms with Gasteiger partial charge in [0.15, 0.2) is 6.29 Å². The Kier molecular flexibility index (Phi) is 6.49. The van der Waals surface area contributed by atoms with E-state index in [1.54, 1.807) is 14.2 Å². The summed E-state index contributed by atoms with van der Waals surface area (Å²) in [4.78, 5) is 11.5. The molecule has 0 spiro atoms. The Morgan fingerprint density at radius 1 is 1.29 bits per heavy atom. The highest BCUT2D eigenvalue weighted by atomic mass is 16.7. The molecule has 1 amide bonds. The third-order valence-electron chi connectivity index (χ3n) is 2.30. The Morgan fingerprint density at radius 3 is 2.14 bits per heavy atom. The molecule has 0 aliphatic carbocycles. The smallest absolute Gasteiger partial charge is 0.223 e. The SMILES string of the molecule is CCC(C)C(=O)NC(C)C(OC)OC. The second kappa shape index (κ2) is 6.79. The number of carbonyl (C=O) groups excluding carboxylic acids is 1. The summed E-state index contributed by atoms with van der Waals surface area (Å²) >= 11 is 0. The minimum Gasteiger partial charge on any atom is -0.354 e. The van der Waals surface area contributed by atoms with Gasteiger partial charge in [-0.05, 0) is 13.3 Å². The highest BCUT2D eigenvalue weighted by molar-refractivity contribution is 5.78. The van der Waals surface area contributed by atoms with E-state index in [-0.39, 0.29) is 24.2 Å². The Labute approximate surface area is 86.0 Å². The second-order valence-corrected chi connectivity index (χ2v) is 3.45. The van der Waals surface area contributed by atoms with Crippen molar-refractivity contribution >= 4 is 5.91 Å². The first-order valence-corrected chi connectivity index (χ1v) is 4.92. The van der Waals surface area contributed by atoms with Crippen molar-refractivity contribution < 1.29 is 14.3 Å². The zero-order chi connectivity index (χ0) is 11.1. The first kappa shape index (κ1) is 13.4. The summed E-state index contributed by atoms with van der Waals surface area (Å²) in [5.74, 6) is 0.0749. The van der Waals surface area contributed by atoms with Crippen molar-refractivity contribution in [1.82, 2.24) is 5.32 Å². The zero-order valence-corrected chi connectivity index (χ0v) is 9.66. The van der Waals surface area contributed by atoms with E-state index in [4.69, 9.17) is 9.47 Å². The standard InChI is InChI=1S/C10H21NO3/c1-6-7(2)9(12)11-8(3)10(13-4)14-5/h7-8,10H,6H2,1-5H3,(H,11,12). The molecule has 2 atom stereocenters. The maximum absolute atomic E-state index is 11.5. The van der Waals surface area contributed by atoms with Gasteiger partial charge in [0.05, 0.1) is 6.04 Å². The first-order chi connectivity index (χ1) is 6.56. The molecule has 0 saturated carbocycles. The molecular formula is C10H21NO3. The summed E-state index contributed by atoms with van der Waals surface area (Å²) in [6.45, 7) is 5.74. The molecule has 0 bridgehead atoms. The Morgan fingerprint density at radius 2 is 1.79 bits per heavy atom. The molecular weight excluding hydrogens is 182 g/mol. The Balaban J connectivity index is 4.03. The minimum atomic E-state index is -0.386. The predicted octanol–water partition coefficient (Wildman–Crippen LogP) is 1.16. The van der Waals surface area contributed by atoms with E-state index in [1.165, 1.54) is 0 Å². The van der Waals surface area contributed by atoms with Crippen molar-refractivity contribution in [2.45, 2.75) is 39.5 Å². The molecule has 0 rings (SSSR count). The van der Waals surface area contributed by atoms with Crippen LogP contribution in [-0.2, 0) is 14.3 Å². The number of hydrogen-bond donors (Lipinski definition) is 1. The normalized spacial score (nSPS) is 15.3. The van der Waals surface area contributed by atoms with Crippen molar-refractivity contribution in [2.75, 3.05) is 14.2 Å². The number of amides is 1. The average Bonchev–Trinajstić information content (AvgIpc) is 2.18. The van der Waals surface area contributed by atoms with Crippen molar-refractivity contribution in [1.29, 1.82) is 0 Å². The lowest BCUT2D eigenvalue weighted by Gasteiger charge is -2.23. The monoisotopic (exact) mass is 203 g/mol. The van der Waals surface area contributed by atoms with Gasteiger partial charge in [-0.15, -0.1) is 0 Å². The third kappa shape index (κ3) is 4.07. The lowest BCUT2D eigenvalue weighted by atomic mass is 10.1. The van der Waals surface area contributed by atoms with Gasteiger partial charge in [0.25, 0.3) is 0 Å². The van der Waals surface area contributed by atoms with Crippen molar-refractivity contribution in [2.24, 2.45) is 5.92 Å². The van der Waals surface area contributed by atoms with E-state index >= 15 is 0 Å². The Bertz CT molecular complexity index is 169. The molecule has 0 aromatic rings. The molecule has 2 unspecified atom stereocenters. The molecule has 0 saturated heterocycles. The quantitative estimate of drug-likeness (QED) is 0.659. The number of nitrogens with one attached hydrogen (secondary N) is 1. The van der Waals surface area contributed by atoms with Gasteiger partial charge >= 0.3 is 0 Å². The molecule has 0 aromatic carbocycles. The van der Waals surface area contributed by atoms with Crippen LogP contribution in [0.3, 0.4) is 0 Å². The van der Waals surface area contributed by atoms with E-state index in [1.807, 2.05) is 20.8 Å². The highest BCUT2D eigenvalue weighted by Gasteiger charge is 2.20. The molecule has 14 heavy (non-hydrogen) atoms. The molecule has 0 heterocycles. The zero-order valence-electron chi connectivity index (χ0n) is 9.66. The van der Waals surface area contributed by atoms with E-state index in [0.29, 0.717) is 0 Å². The summed E-state index contributed by atoms with van der Waals surface area (Å²) in [5, 5.41) is 2.84. The fourth-order valence-corrected chi connectivity index (χ4v) is 1.12. The lowest BCUT2D eigenvalue weighted by molar-refractivity contribution is -0.138. The topological polar surface area (TPSA) is 47.6 Å². The van der Waals surface area contributed by atoms with Crippen molar-refractivity contribution in [3.05, 3.63) is 0 Å². The van der Waals surface area contributed by atoms with E-state index in [0.717, 1.165) is 6.42 Å². The fourth-order valence-electron chi connectivity index (χ4n) is 1.12. The van der Waals surface area contributed by atoms with Gasteiger partial charge in [0, 0.05) is 20.1 Å². The molecule has 0 aliphatic rings. The average molecular weight is 203 g/mol. The predicted molar refractivity (Wildman–Crippen MR) is 54.9 cm³/mol. The van der Waals surface area contributed by atoms with Crippen molar-refractivity contribution in [3.8, 4) is 0 Å². The van der Waals surface area contributed by atoms with Crippen LogP contribution in [0.15, 0.2) is 0 Å². The molecule has 0 aliphatic heterocycles. The van der Waals surface area contributed by atoms with Gasteiger partial charge in [0.1, 0.15) is 0 Å². The summed E-state index contributed by atoms with van der Waals surface area (Å²) in [6.07, 6.45) is 0.450. The molecule has 4 heteroatoms. The van der Waals surface area contributed by atoms with E-state index in [2.05, 4.69) is 5.32 Å². The Hall–Kier alpha value is -0.610. The molecule has 1 N–H and O–H groups in total. The largest absolute Gasteiger partial charge is 0.354 e. The minimum absolute atomic E-state index is 0.0341. The van der Waals surface area contributed by atoms with Gasteiger partial charge in [-0.3, -0.25) is 4.79 Å². The summed E-state index contributed by atoms with van der Waals surface area (Å²) in [7, 11) is 3.11. The van der Waals surface area contributed by atoms with Gasteiger partial charge in [-0.2, -0.15) is 0 Å². The van der Waals surface area contributed by atoms with E-state index in [9.17, 15) is 4.79 Å². The molecule has 0 aromatic heterocycles. The second-order valence-electron chi connectivity index (χ2n) is 3.45. The fraction of sp³-hybridized carbons (Fsp3) is 0.900. The van der Waals surface area contributed by atoms with Gasteiger partial charge < -0.3 is 14.8 Å². The molecule has 0 fully saturated rings. The summed E-state index contributed by atoms with van der Waals surface area (Å²) in [5.41, 5.74) is 0. The summed E-state index contributed by atoms with van der Waals surface area (Å²) < 4.78 is 10.1. The van der Waals surface area contributed by atoms with Crippen LogP contribution in [0.5, 0.6) is 0 Å². The molecule has 84 valence electrons. The van der Waals surface area contributed by atoms with Crippen LogP contribution in [0.2, 0.25) is 0 Å². The van der Waals surface area contributed by atoms with Gasteiger partial charge in [0.2, 0.25) is 5.91 Å². The third-order valence-corrected chi connectivity index (χ3v) is 2.30. The number of methoxy groups -OCH3 is 2. The maximum atomic E-state index is 11.5. The lowest BCUT2D eigenvalue weighted by Crippen LogP contribution is -2.44. The highest BCUT2D eigenvalue weighted by Crippen LogP contribution is 2.03. The van der Waals surface area contributed by atoms with Gasteiger partial charge in [-0.1, -0.05) is 13.8 Å². The maximum Gasteiger partial charge on any atom is 0.223 e. The van der Waals surface area contributed by atoms with Crippen LogP contribution in [-0.4, -0.2) is 32.5 Å². The number of carbonyl (C=O) groups is 1. The number of ether oxygens (including phenoxy) is 2. The van der Waals surface area contributed by atoms with Crippen LogP contribution in [0, 0.1) is 5.92 Å². The van der Waals surface area contributed by atoms with Gasteiger partial charge in [-0.25, -0.2) is 0 Å². The first-order valence-electron chi connectivity index (χ1n) is 4.92. The van der Waals surface area contributed by atoms with Crippen LogP contribution < -0.4 is 5.32 Å². The number of rotatable bonds is 6. The van der Waals surface area contributed by atoms with Crippen LogP contribution >= 0.6 is 0 Å². The van der Waals surface area contributed by atoms with Crippen LogP contribution in [0.4, 0.5) is 0 Å². The summed E-state index contributed by atoms with van der Waals surface area (Å²) in [6, 6.07) is -0.133. The molecule has 4 nitrogen and oxygen atoms in total. The van der Waals surface area contributed by atoms with E-state index < -0.39 is 0 Å². The van der Waals surface area contributed by atoms with Crippen molar-refractivity contribution in [3.63, 3.8) is 0 Å².